The van der Waals surface area contributed by atoms with Gasteiger partial charge in [0.1, 0.15) is 0 Å². The molecule has 2 nitrogen and oxygen atoms in total. The number of aromatic nitrogens is 1. The summed E-state index contributed by atoms with van der Waals surface area (Å²) in [4.78, 5) is 12.3. The van der Waals surface area contributed by atoms with Crippen LogP contribution in [0, 0.1) is 0 Å². The molecular formula is C15H8BrNO. The highest BCUT2D eigenvalue weighted by molar-refractivity contribution is 9.10. The second kappa shape index (κ2) is 3.33. The second-order valence-corrected chi connectivity index (χ2v) is 5.24. The van der Waals surface area contributed by atoms with Crippen LogP contribution in [-0.4, -0.2) is 10.4 Å². The molecule has 1 aromatic heterocycles. The van der Waals surface area contributed by atoms with Gasteiger partial charge >= 0.3 is 0 Å². The van der Waals surface area contributed by atoms with E-state index in [2.05, 4.69) is 15.9 Å². The van der Waals surface area contributed by atoms with Crippen molar-refractivity contribution in [2.24, 2.45) is 0 Å². The lowest BCUT2D eigenvalue weighted by molar-refractivity contribution is 0.104. The number of ketones is 1. The highest BCUT2D eigenvalue weighted by Crippen LogP contribution is 2.36. The first-order chi connectivity index (χ1) is 8.77. The Morgan fingerprint density at radius 2 is 1.83 bits per heavy atom. The number of rotatable bonds is 0. The lowest BCUT2D eigenvalue weighted by Gasteiger charge is -2.03. The summed E-state index contributed by atoms with van der Waals surface area (Å²) in [5.74, 6) is 0.105. The van der Waals surface area contributed by atoms with Crippen molar-refractivity contribution in [2.75, 3.05) is 0 Å². The Labute approximate surface area is 112 Å². The molecule has 0 saturated carbocycles. The number of fused-ring (bicyclic) bond motifs is 5. The van der Waals surface area contributed by atoms with Gasteiger partial charge in [0, 0.05) is 15.4 Å². The van der Waals surface area contributed by atoms with Gasteiger partial charge in [-0.2, -0.15) is 0 Å². The van der Waals surface area contributed by atoms with E-state index in [1.165, 1.54) is 0 Å². The van der Waals surface area contributed by atoms with Crippen LogP contribution in [0.3, 0.4) is 0 Å². The fraction of sp³-hybridized carbons (Fsp3) is 0. The Balaban J connectivity index is 2.21. The molecule has 1 aliphatic heterocycles. The zero-order chi connectivity index (χ0) is 12.3. The van der Waals surface area contributed by atoms with Crippen LogP contribution in [0.25, 0.3) is 16.6 Å². The number of nitrogens with zero attached hydrogens (tertiary/aromatic N) is 1. The van der Waals surface area contributed by atoms with Gasteiger partial charge in [-0.25, -0.2) is 0 Å². The van der Waals surface area contributed by atoms with E-state index in [0.717, 1.165) is 32.3 Å². The van der Waals surface area contributed by atoms with E-state index >= 15 is 0 Å². The van der Waals surface area contributed by atoms with Crippen LogP contribution in [-0.2, 0) is 0 Å². The molecule has 86 valence electrons. The largest absolute Gasteiger partial charge is 0.305 e. The third kappa shape index (κ3) is 1.10. The van der Waals surface area contributed by atoms with Gasteiger partial charge in [0.05, 0.1) is 16.9 Å². The molecule has 3 aromatic rings. The SMILES string of the molecule is O=C1c2ccccc2-n2c1cc1c(Br)cccc12. The highest BCUT2D eigenvalue weighted by Gasteiger charge is 2.28. The first-order valence-electron chi connectivity index (χ1n) is 5.71. The number of benzene rings is 2. The quantitative estimate of drug-likeness (QED) is 0.482. The van der Waals surface area contributed by atoms with E-state index in [0.29, 0.717) is 0 Å². The molecule has 4 rings (SSSR count). The third-order valence-corrected chi connectivity index (χ3v) is 4.11. The standard InChI is InChI=1S/C15H8BrNO/c16-11-5-3-7-13-10(11)8-14-15(18)9-4-1-2-6-12(9)17(13)14/h1-8H. The topological polar surface area (TPSA) is 22.0 Å². The Kier molecular flexibility index (Phi) is 1.87. The molecule has 0 saturated heterocycles. The van der Waals surface area contributed by atoms with E-state index in [1.807, 2.05) is 53.1 Å². The molecule has 18 heavy (non-hydrogen) atoms. The van der Waals surface area contributed by atoms with E-state index in [1.54, 1.807) is 0 Å². The average molecular weight is 298 g/mol. The molecule has 1 aliphatic rings. The van der Waals surface area contributed by atoms with Gasteiger partial charge in [0.2, 0.25) is 5.78 Å². The molecule has 0 fully saturated rings. The summed E-state index contributed by atoms with van der Waals surface area (Å²) in [6, 6.07) is 15.7. The van der Waals surface area contributed by atoms with Crippen molar-refractivity contribution in [1.82, 2.24) is 4.57 Å². The summed E-state index contributed by atoms with van der Waals surface area (Å²) in [6.45, 7) is 0. The minimum absolute atomic E-state index is 0.105. The minimum atomic E-state index is 0.105. The molecule has 0 unspecified atom stereocenters. The summed E-state index contributed by atoms with van der Waals surface area (Å²) < 4.78 is 3.06. The zero-order valence-electron chi connectivity index (χ0n) is 9.35. The van der Waals surface area contributed by atoms with Gasteiger partial charge in [-0.05, 0) is 30.3 Å². The molecule has 0 spiro atoms. The van der Waals surface area contributed by atoms with Crippen molar-refractivity contribution in [1.29, 1.82) is 0 Å². The summed E-state index contributed by atoms with van der Waals surface area (Å²) in [7, 11) is 0. The molecule has 0 radical (unpaired) electrons. The Hall–Kier alpha value is -1.87. The maximum Gasteiger partial charge on any atom is 0.211 e. The number of hydrogen-bond donors (Lipinski definition) is 0. The fourth-order valence-corrected chi connectivity index (χ4v) is 3.09. The van der Waals surface area contributed by atoms with E-state index in [9.17, 15) is 4.79 Å². The van der Waals surface area contributed by atoms with Gasteiger partial charge in [-0.3, -0.25) is 4.79 Å². The van der Waals surface area contributed by atoms with Crippen LogP contribution in [0.4, 0.5) is 0 Å². The summed E-state index contributed by atoms with van der Waals surface area (Å²) >= 11 is 3.53. The van der Waals surface area contributed by atoms with E-state index in [-0.39, 0.29) is 5.78 Å². The van der Waals surface area contributed by atoms with Crippen molar-refractivity contribution in [3.63, 3.8) is 0 Å². The van der Waals surface area contributed by atoms with Crippen LogP contribution in [0.2, 0.25) is 0 Å². The van der Waals surface area contributed by atoms with E-state index < -0.39 is 0 Å². The summed E-state index contributed by atoms with van der Waals surface area (Å²) in [5, 5.41) is 1.08. The smallest absolute Gasteiger partial charge is 0.211 e. The predicted molar refractivity (Wildman–Crippen MR) is 74.4 cm³/mol. The monoisotopic (exact) mass is 297 g/mol. The predicted octanol–water partition coefficient (Wildman–Crippen LogP) is 3.94. The summed E-state index contributed by atoms with van der Waals surface area (Å²) in [5.41, 5.74) is 3.58. The van der Waals surface area contributed by atoms with Crippen LogP contribution in [0.5, 0.6) is 0 Å². The molecule has 2 aromatic carbocycles. The van der Waals surface area contributed by atoms with Crippen LogP contribution >= 0.6 is 15.9 Å². The lowest BCUT2D eigenvalue weighted by atomic mass is 10.1. The van der Waals surface area contributed by atoms with E-state index in [4.69, 9.17) is 0 Å². The number of halogens is 1. The zero-order valence-corrected chi connectivity index (χ0v) is 10.9. The van der Waals surface area contributed by atoms with Crippen molar-refractivity contribution in [3.05, 3.63) is 64.3 Å². The van der Waals surface area contributed by atoms with Crippen LogP contribution in [0.1, 0.15) is 16.1 Å². The van der Waals surface area contributed by atoms with Gasteiger partial charge in [0.25, 0.3) is 0 Å². The second-order valence-electron chi connectivity index (χ2n) is 4.38. The Bertz CT molecular complexity index is 816. The molecular weight excluding hydrogens is 290 g/mol. The van der Waals surface area contributed by atoms with Crippen LogP contribution in [0.15, 0.2) is 53.0 Å². The van der Waals surface area contributed by atoms with Crippen molar-refractivity contribution >= 4 is 32.6 Å². The first kappa shape index (κ1) is 10.1. The maximum atomic E-state index is 12.3. The van der Waals surface area contributed by atoms with Crippen molar-refractivity contribution in [3.8, 4) is 5.69 Å². The molecule has 2 heterocycles. The number of para-hydroxylation sites is 1. The molecule has 0 bridgehead atoms. The van der Waals surface area contributed by atoms with Gasteiger partial charge in [-0.1, -0.05) is 34.1 Å². The number of hydrogen-bond acceptors (Lipinski definition) is 1. The normalized spacial score (nSPS) is 12.8. The maximum absolute atomic E-state index is 12.3. The Morgan fingerprint density at radius 1 is 1.00 bits per heavy atom. The van der Waals surface area contributed by atoms with Gasteiger partial charge < -0.3 is 4.57 Å². The summed E-state index contributed by atoms with van der Waals surface area (Å²) in [6.07, 6.45) is 0. The Morgan fingerprint density at radius 3 is 2.72 bits per heavy atom. The lowest BCUT2D eigenvalue weighted by Crippen LogP contribution is -1.94. The molecule has 0 atom stereocenters. The average Bonchev–Trinajstić information content (AvgIpc) is 2.89. The van der Waals surface area contributed by atoms with Crippen molar-refractivity contribution in [2.45, 2.75) is 0 Å². The first-order valence-corrected chi connectivity index (χ1v) is 6.51. The molecule has 3 heteroatoms. The van der Waals surface area contributed by atoms with Crippen molar-refractivity contribution < 1.29 is 4.79 Å². The minimum Gasteiger partial charge on any atom is -0.305 e. The number of carbonyl (C=O) groups is 1. The third-order valence-electron chi connectivity index (χ3n) is 3.41. The molecule has 0 amide bonds. The van der Waals surface area contributed by atoms with Gasteiger partial charge in [0.15, 0.2) is 0 Å². The number of carbonyl (C=O) groups excluding carboxylic acids is 1. The molecule has 0 N–H and O–H groups in total. The molecule has 0 aliphatic carbocycles. The fourth-order valence-electron chi connectivity index (χ4n) is 2.62. The highest BCUT2D eigenvalue weighted by atomic mass is 79.9. The van der Waals surface area contributed by atoms with Crippen LogP contribution < -0.4 is 0 Å². The van der Waals surface area contributed by atoms with Gasteiger partial charge in [-0.15, -0.1) is 0 Å².